The molecule has 1 amide bonds. The zero-order valence-electron chi connectivity index (χ0n) is 13.1. The first kappa shape index (κ1) is 17.6. The fourth-order valence-electron chi connectivity index (χ4n) is 2.26. The third-order valence-electron chi connectivity index (χ3n) is 3.50. The number of halogens is 1. The molecule has 0 spiro atoms. The minimum atomic E-state index is -0.850. The number of Topliss-reactive ketones (excluding diaryl/α,β-unsaturated/α-hetero) is 1. The molecule has 1 atom stereocenters. The molecule has 0 aliphatic rings. The van der Waals surface area contributed by atoms with Crippen LogP contribution in [-0.4, -0.2) is 17.9 Å². The van der Waals surface area contributed by atoms with Gasteiger partial charge in [-0.05, 0) is 58.3 Å². The Labute approximate surface area is 163 Å². The van der Waals surface area contributed by atoms with Crippen molar-refractivity contribution in [2.24, 2.45) is 0 Å². The fraction of sp³-hybridized carbons (Fsp3) is 0.0526. The van der Waals surface area contributed by atoms with E-state index in [1.807, 2.05) is 35.7 Å². The van der Waals surface area contributed by atoms with Gasteiger partial charge in [-0.3, -0.25) is 9.59 Å². The second-order valence-electron chi connectivity index (χ2n) is 5.27. The SMILES string of the molecule is O=C(N[C@H](Nc1ccc(I)cc1)C(=O)c1ccccc1)c1cccs1. The zero-order chi connectivity index (χ0) is 17.6. The van der Waals surface area contributed by atoms with Crippen LogP contribution < -0.4 is 10.6 Å². The number of hydrogen-bond acceptors (Lipinski definition) is 4. The summed E-state index contributed by atoms with van der Waals surface area (Å²) in [6.07, 6.45) is -0.850. The van der Waals surface area contributed by atoms with Crippen LogP contribution in [0.25, 0.3) is 0 Å². The highest BCUT2D eigenvalue weighted by Gasteiger charge is 2.23. The van der Waals surface area contributed by atoms with Gasteiger partial charge in [-0.1, -0.05) is 36.4 Å². The third-order valence-corrected chi connectivity index (χ3v) is 5.08. The number of nitrogens with one attached hydrogen (secondary N) is 2. The van der Waals surface area contributed by atoms with E-state index in [1.54, 1.807) is 36.4 Å². The molecule has 0 saturated carbocycles. The van der Waals surface area contributed by atoms with Crippen LogP contribution in [0.15, 0.2) is 72.1 Å². The van der Waals surface area contributed by atoms with Crippen LogP contribution in [0.3, 0.4) is 0 Å². The molecule has 0 unspecified atom stereocenters. The van der Waals surface area contributed by atoms with E-state index in [1.165, 1.54) is 11.3 Å². The molecule has 0 radical (unpaired) electrons. The van der Waals surface area contributed by atoms with Crippen molar-refractivity contribution in [1.82, 2.24) is 5.32 Å². The van der Waals surface area contributed by atoms with Gasteiger partial charge >= 0.3 is 0 Å². The number of amides is 1. The first-order chi connectivity index (χ1) is 12.1. The lowest BCUT2D eigenvalue weighted by atomic mass is 10.1. The van der Waals surface area contributed by atoms with Crippen molar-refractivity contribution >= 4 is 51.3 Å². The summed E-state index contributed by atoms with van der Waals surface area (Å²) in [4.78, 5) is 25.8. The van der Waals surface area contributed by atoms with Gasteiger partial charge in [0, 0.05) is 14.8 Å². The molecule has 2 N–H and O–H groups in total. The maximum absolute atomic E-state index is 12.8. The second kappa shape index (κ2) is 8.26. The van der Waals surface area contributed by atoms with Crippen LogP contribution in [0.2, 0.25) is 0 Å². The lowest BCUT2D eigenvalue weighted by Gasteiger charge is -2.20. The predicted molar refractivity (Wildman–Crippen MR) is 109 cm³/mol. The normalized spacial score (nSPS) is 11.6. The lowest BCUT2D eigenvalue weighted by molar-refractivity contribution is 0.0872. The molecule has 1 heterocycles. The third kappa shape index (κ3) is 4.67. The highest BCUT2D eigenvalue weighted by molar-refractivity contribution is 14.1. The smallest absolute Gasteiger partial charge is 0.263 e. The Balaban J connectivity index is 1.83. The van der Waals surface area contributed by atoms with Gasteiger partial charge in [0.25, 0.3) is 5.91 Å². The van der Waals surface area contributed by atoms with E-state index in [0.29, 0.717) is 10.4 Å². The largest absolute Gasteiger partial charge is 0.359 e. The maximum atomic E-state index is 12.8. The number of ketones is 1. The summed E-state index contributed by atoms with van der Waals surface area (Å²) in [5, 5.41) is 7.74. The van der Waals surface area contributed by atoms with Gasteiger partial charge in [-0.15, -0.1) is 11.3 Å². The van der Waals surface area contributed by atoms with E-state index in [0.717, 1.165) is 9.26 Å². The van der Waals surface area contributed by atoms with E-state index in [9.17, 15) is 9.59 Å². The number of thiophene rings is 1. The van der Waals surface area contributed by atoms with Crippen molar-refractivity contribution in [1.29, 1.82) is 0 Å². The van der Waals surface area contributed by atoms with Crippen LogP contribution in [0.4, 0.5) is 5.69 Å². The Hall–Kier alpha value is -2.19. The first-order valence-corrected chi connectivity index (χ1v) is 9.55. The summed E-state index contributed by atoms with van der Waals surface area (Å²) >= 11 is 3.55. The Bertz CT molecular complexity index is 849. The average Bonchev–Trinajstić information content (AvgIpc) is 3.18. The molecule has 0 aliphatic heterocycles. The Kier molecular flexibility index (Phi) is 5.83. The summed E-state index contributed by atoms with van der Waals surface area (Å²) < 4.78 is 1.09. The van der Waals surface area contributed by atoms with Crippen molar-refractivity contribution in [3.63, 3.8) is 0 Å². The van der Waals surface area contributed by atoms with Gasteiger partial charge in [-0.25, -0.2) is 0 Å². The van der Waals surface area contributed by atoms with Gasteiger partial charge in [-0.2, -0.15) is 0 Å². The number of carbonyl (C=O) groups excluding carboxylic acids is 2. The highest BCUT2D eigenvalue weighted by atomic mass is 127. The predicted octanol–water partition coefficient (Wildman–Crippen LogP) is 4.40. The van der Waals surface area contributed by atoms with E-state index < -0.39 is 6.17 Å². The van der Waals surface area contributed by atoms with Crippen molar-refractivity contribution in [2.45, 2.75) is 6.17 Å². The second-order valence-corrected chi connectivity index (χ2v) is 7.46. The van der Waals surface area contributed by atoms with Gasteiger partial charge in [0.1, 0.15) is 0 Å². The Morgan fingerprint density at radius 2 is 1.64 bits per heavy atom. The van der Waals surface area contributed by atoms with Crippen LogP contribution in [0.5, 0.6) is 0 Å². The maximum Gasteiger partial charge on any atom is 0.263 e. The number of hydrogen-bond donors (Lipinski definition) is 2. The molecule has 1 aromatic heterocycles. The molecule has 25 heavy (non-hydrogen) atoms. The first-order valence-electron chi connectivity index (χ1n) is 7.59. The lowest BCUT2D eigenvalue weighted by Crippen LogP contribution is -2.46. The Morgan fingerprint density at radius 1 is 0.920 bits per heavy atom. The van der Waals surface area contributed by atoms with Gasteiger partial charge < -0.3 is 10.6 Å². The topological polar surface area (TPSA) is 58.2 Å². The molecule has 4 nitrogen and oxygen atoms in total. The van der Waals surface area contributed by atoms with Gasteiger partial charge in [0.05, 0.1) is 4.88 Å². The monoisotopic (exact) mass is 462 g/mol. The molecule has 0 fully saturated rings. The molecular weight excluding hydrogens is 447 g/mol. The quantitative estimate of drug-likeness (QED) is 0.324. The minimum Gasteiger partial charge on any atom is -0.359 e. The average molecular weight is 462 g/mol. The number of anilines is 1. The van der Waals surface area contributed by atoms with Crippen molar-refractivity contribution in [2.75, 3.05) is 5.32 Å². The molecule has 3 rings (SSSR count). The molecule has 126 valence electrons. The van der Waals surface area contributed by atoms with Gasteiger partial charge in [0.2, 0.25) is 5.78 Å². The summed E-state index contributed by atoms with van der Waals surface area (Å²) in [5.74, 6) is -0.466. The molecule has 6 heteroatoms. The number of carbonyl (C=O) groups is 2. The van der Waals surface area contributed by atoms with Crippen molar-refractivity contribution < 1.29 is 9.59 Å². The van der Waals surface area contributed by atoms with Crippen LogP contribution in [0.1, 0.15) is 20.0 Å². The molecule has 0 aliphatic carbocycles. The molecule has 0 saturated heterocycles. The van der Waals surface area contributed by atoms with E-state index in [4.69, 9.17) is 0 Å². The van der Waals surface area contributed by atoms with E-state index in [-0.39, 0.29) is 11.7 Å². The number of rotatable bonds is 6. The summed E-state index contributed by atoms with van der Waals surface area (Å²) in [6, 6.07) is 20.1. The van der Waals surface area contributed by atoms with Crippen LogP contribution in [-0.2, 0) is 0 Å². The zero-order valence-corrected chi connectivity index (χ0v) is 16.1. The van der Waals surface area contributed by atoms with Gasteiger partial charge in [0.15, 0.2) is 6.17 Å². The van der Waals surface area contributed by atoms with E-state index >= 15 is 0 Å². The van der Waals surface area contributed by atoms with Crippen molar-refractivity contribution in [3.05, 3.63) is 86.1 Å². The standard InChI is InChI=1S/C19H15IN2O2S/c20-14-8-10-15(11-9-14)21-18(17(23)13-5-2-1-3-6-13)22-19(24)16-7-4-12-25-16/h1-12,18,21H,(H,22,24)/t18-/m0/s1. The van der Waals surface area contributed by atoms with Crippen LogP contribution >= 0.6 is 33.9 Å². The number of benzene rings is 2. The summed E-state index contributed by atoms with van der Waals surface area (Å²) in [5.41, 5.74) is 1.30. The highest BCUT2D eigenvalue weighted by Crippen LogP contribution is 2.15. The van der Waals surface area contributed by atoms with Crippen molar-refractivity contribution in [3.8, 4) is 0 Å². The summed E-state index contributed by atoms with van der Waals surface area (Å²) in [6.45, 7) is 0. The molecule has 2 aromatic carbocycles. The fourth-order valence-corrected chi connectivity index (χ4v) is 3.25. The van der Waals surface area contributed by atoms with Crippen LogP contribution in [0, 0.1) is 3.57 Å². The Morgan fingerprint density at radius 3 is 2.28 bits per heavy atom. The minimum absolute atomic E-state index is 0.191. The summed E-state index contributed by atoms with van der Waals surface area (Å²) in [7, 11) is 0. The molecular formula is C19H15IN2O2S. The van der Waals surface area contributed by atoms with E-state index in [2.05, 4.69) is 33.2 Å². The molecule has 3 aromatic rings. The molecule has 0 bridgehead atoms.